The number of aromatic nitrogens is 1. The summed E-state index contributed by atoms with van der Waals surface area (Å²) in [7, 11) is 0. The normalized spacial score (nSPS) is 11.7. The highest BCUT2D eigenvalue weighted by Crippen LogP contribution is 2.18. The SMILES string of the molecule is C#CCn1c(=NC([CH2])=O)sc2cc(F)ccc21. The lowest BCUT2D eigenvalue weighted by Gasteiger charge is -1.98. The van der Waals surface area contributed by atoms with Crippen LogP contribution in [0.3, 0.4) is 0 Å². The number of fused-ring (bicyclic) bond motifs is 1. The van der Waals surface area contributed by atoms with E-state index >= 15 is 0 Å². The van der Waals surface area contributed by atoms with Gasteiger partial charge >= 0.3 is 0 Å². The Labute approximate surface area is 101 Å². The third kappa shape index (κ3) is 2.27. The molecule has 1 aromatic heterocycles. The van der Waals surface area contributed by atoms with E-state index in [-0.39, 0.29) is 12.4 Å². The second-order valence-electron chi connectivity index (χ2n) is 3.29. The Morgan fingerprint density at radius 2 is 2.41 bits per heavy atom. The zero-order valence-corrected chi connectivity index (χ0v) is 9.63. The van der Waals surface area contributed by atoms with Gasteiger partial charge in [0.2, 0.25) is 5.91 Å². The maximum atomic E-state index is 13.1. The molecule has 0 spiro atoms. The lowest BCUT2D eigenvalue weighted by molar-refractivity contribution is -0.113. The average molecular weight is 247 g/mol. The Hall–Kier alpha value is -1.93. The summed E-state index contributed by atoms with van der Waals surface area (Å²) in [5, 5.41) is 0. The van der Waals surface area contributed by atoms with E-state index in [0.29, 0.717) is 9.50 Å². The fourth-order valence-electron chi connectivity index (χ4n) is 1.48. The molecule has 0 bridgehead atoms. The number of amides is 1. The van der Waals surface area contributed by atoms with Crippen molar-refractivity contribution in [1.29, 1.82) is 0 Å². The van der Waals surface area contributed by atoms with Gasteiger partial charge in [-0.05, 0) is 18.2 Å². The lowest BCUT2D eigenvalue weighted by atomic mass is 10.3. The number of hydrogen-bond acceptors (Lipinski definition) is 2. The Bertz CT molecular complexity index is 691. The largest absolute Gasteiger partial charge is 0.305 e. The molecule has 0 saturated carbocycles. The van der Waals surface area contributed by atoms with Gasteiger partial charge in [-0.2, -0.15) is 4.99 Å². The zero-order valence-electron chi connectivity index (χ0n) is 8.81. The van der Waals surface area contributed by atoms with Gasteiger partial charge in [0.05, 0.1) is 16.8 Å². The molecule has 3 nitrogen and oxygen atoms in total. The van der Waals surface area contributed by atoms with E-state index < -0.39 is 5.91 Å². The Balaban J connectivity index is 2.80. The molecule has 0 unspecified atom stereocenters. The summed E-state index contributed by atoms with van der Waals surface area (Å²) in [4.78, 5) is 15.1. The van der Waals surface area contributed by atoms with Crippen molar-refractivity contribution in [2.24, 2.45) is 4.99 Å². The molecule has 0 aliphatic carbocycles. The van der Waals surface area contributed by atoms with E-state index in [1.54, 1.807) is 10.6 Å². The second-order valence-corrected chi connectivity index (χ2v) is 4.30. The first-order valence-electron chi connectivity index (χ1n) is 4.75. The van der Waals surface area contributed by atoms with Gasteiger partial charge in [0.25, 0.3) is 0 Å². The van der Waals surface area contributed by atoms with Crippen LogP contribution in [0.4, 0.5) is 4.39 Å². The number of benzene rings is 1. The van der Waals surface area contributed by atoms with Crippen molar-refractivity contribution in [3.63, 3.8) is 0 Å². The Morgan fingerprint density at radius 3 is 3.06 bits per heavy atom. The van der Waals surface area contributed by atoms with Gasteiger partial charge in [-0.15, -0.1) is 6.42 Å². The number of thiazole rings is 1. The van der Waals surface area contributed by atoms with Gasteiger partial charge in [-0.3, -0.25) is 4.79 Å². The third-order valence-corrected chi connectivity index (χ3v) is 3.16. The van der Waals surface area contributed by atoms with Crippen LogP contribution in [-0.2, 0) is 11.3 Å². The zero-order chi connectivity index (χ0) is 12.4. The minimum atomic E-state index is -0.553. The molecular formula is C12H8FN2OS. The van der Waals surface area contributed by atoms with E-state index in [9.17, 15) is 9.18 Å². The maximum Gasteiger partial charge on any atom is 0.248 e. The number of hydrogen-bond donors (Lipinski definition) is 0. The number of halogens is 1. The van der Waals surface area contributed by atoms with E-state index in [4.69, 9.17) is 6.42 Å². The van der Waals surface area contributed by atoms with Crippen LogP contribution in [0.15, 0.2) is 23.2 Å². The highest BCUT2D eigenvalue weighted by atomic mass is 32.1. The van der Waals surface area contributed by atoms with Gasteiger partial charge in [0.15, 0.2) is 4.80 Å². The molecule has 5 heteroatoms. The fourth-order valence-corrected chi connectivity index (χ4v) is 2.55. The number of nitrogens with zero attached hydrogens (tertiary/aromatic N) is 2. The summed E-state index contributed by atoms with van der Waals surface area (Å²) in [6.45, 7) is 3.46. The van der Waals surface area contributed by atoms with Gasteiger partial charge < -0.3 is 4.57 Å². The van der Waals surface area contributed by atoms with Crippen molar-refractivity contribution in [3.05, 3.63) is 35.7 Å². The fraction of sp³-hybridized carbons (Fsp3) is 0.0833. The predicted molar refractivity (Wildman–Crippen MR) is 64.5 cm³/mol. The van der Waals surface area contributed by atoms with E-state index in [2.05, 4.69) is 17.8 Å². The van der Waals surface area contributed by atoms with Crippen molar-refractivity contribution in [3.8, 4) is 12.3 Å². The standard InChI is InChI=1S/C12H8FN2OS/c1-3-6-15-10-5-4-9(13)7-11(10)17-12(15)14-8(2)16/h1,4-5,7H,2,6H2. The van der Waals surface area contributed by atoms with Gasteiger partial charge in [0.1, 0.15) is 5.82 Å². The van der Waals surface area contributed by atoms with Crippen LogP contribution < -0.4 is 4.80 Å². The summed E-state index contributed by atoms with van der Waals surface area (Å²) in [5.41, 5.74) is 0.759. The first-order chi connectivity index (χ1) is 8.11. The van der Waals surface area contributed by atoms with Crippen LogP contribution in [0, 0.1) is 25.1 Å². The molecule has 2 rings (SSSR count). The van der Waals surface area contributed by atoms with E-state index in [1.807, 2.05) is 0 Å². The molecule has 0 aliphatic heterocycles. The molecule has 0 aliphatic rings. The van der Waals surface area contributed by atoms with Gasteiger partial charge in [-0.1, -0.05) is 17.3 Å². The summed E-state index contributed by atoms with van der Waals surface area (Å²) >= 11 is 1.21. The van der Waals surface area contributed by atoms with Crippen LogP contribution in [0.25, 0.3) is 10.2 Å². The van der Waals surface area contributed by atoms with Crippen molar-refractivity contribution in [1.82, 2.24) is 4.57 Å². The third-order valence-electron chi connectivity index (χ3n) is 2.11. The molecule has 0 fully saturated rings. The summed E-state index contributed by atoms with van der Waals surface area (Å²) in [6, 6.07) is 4.35. The summed E-state index contributed by atoms with van der Waals surface area (Å²) in [5.74, 6) is 1.59. The van der Waals surface area contributed by atoms with Crippen LogP contribution in [-0.4, -0.2) is 10.5 Å². The van der Waals surface area contributed by atoms with E-state index in [0.717, 1.165) is 5.52 Å². The molecular weight excluding hydrogens is 239 g/mol. The molecule has 0 atom stereocenters. The highest BCUT2D eigenvalue weighted by Gasteiger charge is 2.06. The van der Waals surface area contributed by atoms with Crippen LogP contribution in [0.1, 0.15) is 0 Å². The summed E-state index contributed by atoms with van der Waals surface area (Å²) < 4.78 is 15.5. The molecule has 1 amide bonds. The highest BCUT2D eigenvalue weighted by molar-refractivity contribution is 7.16. The molecule has 1 radical (unpaired) electrons. The minimum Gasteiger partial charge on any atom is -0.305 e. The second kappa shape index (κ2) is 4.52. The quantitative estimate of drug-likeness (QED) is 0.707. The van der Waals surface area contributed by atoms with E-state index in [1.165, 1.54) is 23.5 Å². The minimum absolute atomic E-state index is 0.276. The predicted octanol–water partition coefficient (Wildman–Crippen LogP) is 1.74. The lowest BCUT2D eigenvalue weighted by Crippen LogP contribution is -2.15. The van der Waals surface area contributed by atoms with Crippen LogP contribution in [0.5, 0.6) is 0 Å². The first-order valence-corrected chi connectivity index (χ1v) is 5.56. The number of rotatable bonds is 1. The first kappa shape index (κ1) is 11.6. The molecule has 1 heterocycles. The van der Waals surface area contributed by atoms with Crippen molar-refractivity contribution < 1.29 is 9.18 Å². The average Bonchev–Trinajstić information content (AvgIpc) is 2.55. The molecule has 0 saturated heterocycles. The topological polar surface area (TPSA) is 34.4 Å². The number of carbonyl (C=O) groups excluding carboxylic acids is 1. The van der Waals surface area contributed by atoms with Crippen LogP contribution >= 0.6 is 11.3 Å². The van der Waals surface area contributed by atoms with Crippen molar-refractivity contribution >= 4 is 27.5 Å². The smallest absolute Gasteiger partial charge is 0.248 e. The molecule has 85 valence electrons. The number of terminal acetylenes is 1. The monoisotopic (exact) mass is 247 g/mol. The maximum absolute atomic E-state index is 13.1. The van der Waals surface area contributed by atoms with Crippen molar-refractivity contribution in [2.45, 2.75) is 6.54 Å². The van der Waals surface area contributed by atoms with Crippen molar-refractivity contribution in [2.75, 3.05) is 0 Å². The molecule has 2 aromatic rings. The molecule has 0 N–H and O–H groups in total. The number of carbonyl (C=O) groups is 1. The Morgan fingerprint density at radius 1 is 1.65 bits per heavy atom. The molecule has 17 heavy (non-hydrogen) atoms. The summed E-state index contributed by atoms with van der Waals surface area (Å²) in [6.07, 6.45) is 5.26. The Kier molecular flexibility index (Phi) is 3.07. The van der Waals surface area contributed by atoms with Crippen LogP contribution in [0.2, 0.25) is 0 Å². The molecule has 1 aromatic carbocycles. The van der Waals surface area contributed by atoms with Gasteiger partial charge in [-0.25, -0.2) is 4.39 Å². The van der Waals surface area contributed by atoms with Gasteiger partial charge in [0, 0.05) is 6.92 Å².